The van der Waals surface area contributed by atoms with Gasteiger partial charge in [-0.25, -0.2) is 4.79 Å². The summed E-state index contributed by atoms with van der Waals surface area (Å²) in [5.41, 5.74) is 2.14. The van der Waals surface area contributed by atoms with E-state index in [2.05, 4.69) is 4.98 Å². The first-order chi connectivity index (χ1) is 10.2. The molecule has 1 N–H and O–H groups in total. The maximum atomic E-state index is 10.9. The number of carbonyl (C=O) groups is 1. The van der Waals surface area contributed by atoms with Crippen molar-refractivity contribution in [3.63, 3.8) is 0 Å². The van der Waals surface area contributed by atoms with E-state index >= 15 is 0 Å². The zero-order chi connectivity index (χ0) is 14.7. The predicted molar refractivity (Wildman–Crippen MR) is 79.5 cm³/mol. The number of carboxylic acid groups (broad SMARTS) is 1. The molecular weight excluding hydrogens is 266 g/mol. The van der Waals surface area contributed by atoms with Crippen LogP contribution in [0.2, 0.25) is 0 Å². The molecule has 0 aliphatic carbocycles. The van der Waals surface area contributed by atoms with Gasteiger partial charge in [-0.15, -0.1) is 0 Å². The highest BCUT2D eigenvalue weighted by atomic mass is 16.5. The van der Waals surface area contributed by atoms with Crippen LogP contribution in [-0.2, 0) is 6.61 Å². The van der Waals surface area contributed by atoms with Crippen LogP contribution in [0.5, 0.6) is 5.75 Å². The summed E-state index contributed by atoms with van der Waals surface area (Å²) in [7, 11) is 0. The Morgan fingerprint density at radius 2 is 1.95 bits per heavy atom. The maximum absolute atomic E-state index is 10.9. The number of rotatable bonds is 4. The van der Waals surface area contributed by atoms with Crippen molar-refractivity contribution in [3.05, 3.63) is 71.9 Å². The molecular formula is C17H13NO3. The molecule has 1 aromatic heterocycles. The molecule has 0 aliphatic heterocycles. The van der Waals surface area contributed by atoms with Crippen LogP contribution in [-0.4, -0.2) is 16.1 Å². The van der Waals surface area contributed by atoms with Crippen LogP contribution in [0.1, 0.15) is 15.9 Å². The van der Waals surface area contributed by atoms with E-state index in [-0.39, 0.29) is 5.56 Å². The fraction of sp³-hybridized carbons (Fsp3) is 0.0588. The Labute approximate surface area is 121 Å². The lowest BCUT2D eigenvalue weighted by Gasteiger charge is -2.09. The second-order valence-electron chi connectivity index (χ2n) is 4.61. The average Bonchev–Trinajstić information content (AvgIpc) is 2.53. The zero-order valence-corrected chi connectivity index (χ0v) is 11.2. The van der Waals surface area contributed by atoms with Gasteiger partial charge >= 0.3 is 5.97 Å². The van der Waals surface area contributed by atoms with Gasteiger partial charge in [0.25, 0.3) is 0 Å². The van der Waals surface area contributed by atoms with Crippen molar-refractivity contribution in [1.29, 1.82) is 0 Å². The monoisotopic (exact) mass is 279 g/mol. The Balaban J connectivity index is 1.84. The van der Waals surface area contributed by atoms with Crippen molar-refractivity contribution in [2.75, 3.05) is 0 Å². The molecule has 0 spiro atoms. The maximum Gasteiger partial charge on any atom is 0.335 e. The summed E-state index contributed by atoms with van der Waals surface area (Å²) in [6.45, 7) is 0.367. The lowest BCUT2D eigenvalue weighted by molar-refractivity contribution is 0.0696. The van der Waals surface area contributed by atoms with E-state index in [4.69, 9.17) is 9.84 Å². The van der Waals surface area contributed by atoms with Gasteiger partial charge in [0.2, 0.25) is 0 Å². The van der Waals surface area contributed by atoms with E-state index in [1.165, 1.54) is 12.1 Å². The number of ether oxygens (including phenoxy) is 1. The van der Waals surface area contributed by atoms with Gasteiger partial charge < -0.3 is 9.84 Å². The smallest absolute Gasteiger partial charge is 0.335 e. The van der Waals surface area contributed by atoms with Gasteiger partial charge in [0.05, 0.1) is 11.1 Å². The summed E-state index contributed by atoms with van der Waals surface area (Å²) >= 11 is 0. The van der Waals surface area contributed by atoms with Crippen LogP contribution in [0.3, 0.4) is 0 Å². The summed E-state index contributed by atoms with van der Waals surface area (Å²) in [6.07, 6.45) is 1.74. The highest BCUT2D eigenvalue weighted by molar-refractivity contribution is 5.88. The number of hydrogen-bond donors (Lipinski definition) is 1. The summed E-state index contributed by atoms with van der Waals surface area (Å²) in [5, 5.41) is 10.0. The number of fused-ring (bicyclic) bond motifs is 1. The lowest BCUT2D eigenvalue weighted by Crippen LogP contribution is -2.00. The van der Waals surface area contributed by atoms with Crippen LogP contribution in [0.4, 0.5) is 0 Å². The number of benzene rings is 2. The third-order valence-electron chi connectivity index (χ3n) is 3.21. The number of nitrogens with zero attached hydrogens (tertiary/aromatic N) is 1. The second-order valence-corrected chi connectivity index (χ2v) is 4.61. The molecule has 4 heteroatoms. The zero-order valence-electron chi connectivity index (χ0n) is 11.2. The Kier molecular flexibility index (Phi) is 3.51. The number of aromatic carboxylic acids is 1. The molecule has 0 saturated carbocycles. The molecule has 3 rings (SSSR count). The van der Waals surface area contributed by atoms with Crippen LogP contribution >= 0.6 is 0 Å². The third kappa shape index (κ3) is 2.84. The minimum atomic E-state index is -0.963. The fourth-order valence-corrected chi connectivity index (χ4v) is 2.16. The summed E-state index contributed by atoms with van der Waals surface area (Å²) in [4.78, 5) is 15.2. The molecule has 0 fully saturated rings. The van der Waals surface area contributed by atoms with E-state index in [9.17, 15) is 4.79 Å². The average molecular weight is 279 g/mol. The molecule has 0 radical (unpaired) electrons. The van der Waals surface area contributed by atoms with Crippen molar-refractivity contribution in [2.45, 2.75) is 6.61 Å². The van der Waals surface area contributed by atoms with Crippen LogP contribution in [0.15, 0.2) is 60.8 Å². The molecule has 1 heterocycles. The topological polar surface area (TPSA) is 59.4 Å². The van der Waals surface area contributed by atoms with Crippen molar-refractivity contribution >= 4 is 16.9 Å². The molecule has 104 valence electrons. The first kappa shape index (κ1) is 13.1. The molecule has 0 aliphatic rings. The van der Waals surface area contributed by atoms with E-state index in [1.54, 1.807) is 18.3 Å². The molecule has 0 amide bonds. The highest BCUT2D eigenvalue weighted by Crippen LogP contribution is 2.19. The summed E-state index contributed by atoms with van der Waals surface area (Å²) in [5.74, 6) is -0.425. The van der Waals surface area contributed by atoms with E-state index < -0.39 is 5.97 Å². The molecule has 0 unspecified atom stereocenters. The molecule has 4 nitrogen and oxygen atoms in total. The van der Waals surface area contributed by atoms with Crippen LogP contribution in [0, 0.1) is 0 Å². The van der Waals surface area contributed by atoms with E-state index in [0.29, 0.717) is 12.4 Å². The largest absolute Gasteiger partial charge is 0.489 e. The SMILES string of the molecule is O=C(O)c1cccc(OCc2ccnc3ccccc23)c1. The van der Waals surface area contributed by atoms with Crippen molar-refractivity contribution in [3.8, 4) is 5.75 Å². The van der Waals surface area contributed by atoms with Crippen LogP contribution < -0.4 is 4.74 Å². The van der Waals surface area contributed by atoms with Gasteiger partial charge in [-0.3, -0.25) is 4.98 Å². The Morgan fingerprint density at radius 1 is 1.10 bits per heavy atom. The normalized spacial score (nSPS) is 10.5. The second kappa shape index (κ2) is 5.63. The number of pyridine rings is 1. The Bertz CT molecular complexity index is 793. The number of hydrogen-bond acceptors (Lipinski definition) is 3. The van der Waals surface area contributed by atoms with Gasteiger partial charge in [0.1, 0.15) is 12.4 Å². The fourth-order valence-electron chi connectivity index (χ4n) is 2.16. The van der Waals surface area contributed by atoms with Crippen LogP contribution in [0.25, 0.3) is 10.9 Å². The first-order valence-corrected chi connectivity index (χ1v) is 6.53. The molecule has 0 saturated heterocycles. The molecule has 0 bridgehead atoms. The van der Waals surface area contributed by atoms with Crippen molar-refractivity contribution < 1.29 is 14.6 Å². The Morgan fingerprint density at radius 3 is 2.81 bits per heavy atom. The standard InChI is InChI=1S/C17H13NO3/c19-17(20)12-4-3-5-14(10-12)21-11-13-8-9-18-16-7-2-1-6-15(13)16/h1-10H,11H2,(H,19,20). The molecule has 2 aromatic carbocycles. The minimum absolute atomic E-state index is 0.215. The minimum Gasteiger partial charge on any atom is -0.489 e. The number of aromatic nitrogens is 1. The van der Waals surface area contributed by atoms with Gasteiger partial charge in [-0.05, 0) is 30.3 Å². The van der Waals surface area contributed by atoms with E-state index in [0.717, 1.165) is 16.5 Å². The van der Waals surface area contributed by atoms with Gasteiger partial charge in [0.15, 0.2) is 0 Å². The first-order valence-electron chi connectivity index (χ1n) is 6.53. The number of para-hydroxylation sites is 1. The van der Waals surface area contributed by atoms with Crippen molar-refractivity contribution in [2.24, 2.45) is 0 Å². The summed E-state index contributed by atoms with van der Waals surface area (Å²) < 4.78 is 5.70. The lowest BCUT2D eigenvalue weighted by atomic mass is 10.1. The number of carboxylic acids is 1. The van der Waals surface area contributed by atoms with Gasteiger partial charge in [0, 0.05) is 17.1 Å². The molecule has 3 aromatic rings. The van der Waals surface area contributed by atoms with E-state index in [1.807, 2.05) is 30.3 Å². The molecule has 0 atom stereocenters. The third-order valence-corrected chi connectivity index (χ3v) is 3.21. The Hall–Kier alpha value is -2.88. The quantitative estimate of drug-likeness (QED) is 0.794. The highest BCUT2D eigenvalue weighted by Gasteiger charge is 2.05. The van der Waals surface area contributed by atoms with Crippen molar-refractivity contribution in [1.82, 2.24) is 4.98 Å². The molecule has 21 heavy (non-hydrogen) atoms. The summed E-state index contributed by atoms with van der Waals surface area (Å²) in [6, 6.07) is 16.2. The predicted octanol–water partition coefficient (Wildman–Crippen LogP) is 3.51. The van der Waals surface area contributed by atoms with Gasteiger partial charge in [-0.1, -0.05) is 24.3 Å². The van der Waals surface area contributed by atoms with Gasteiger partial charge in [-0.2, -0.15) is 0 Å².